The van der Waals surface area contributed by atoms with Gasteiger partial charge >= 0.3 is 0 Å². The lowest BCUT2D eigenvalue weighted by molar-refractivity contribution is 0.397. The number of aromatic nitrogens is 4. The van der Waals surface area contributed by atoms with E-state index in [1.165, 1.54) is 0 Å². The molecule has 0 radical (unpaired) electrons. The van der Waals surface area contributed by atoms with Crippen LogP contribution in [0.4, 0.5) is 0 Å². The molecular formula is C21H25N7. The molecule has 3 rings (SSSR count). The van der Waals surface area contributed by atoms with Crippen LogP contribution in [0.25, 0.3) is 11.4 Å². The van der Waals surface area contributed by atoms with Gasteiger partial charge in [0.2, 0.25) is 0 Å². The number of aryl methyl sites for hydroxylation is 1. The molecule has 0 saturated heterocycles. The van der Waals surface area contributed by atoms with E-state index in [4.69, 9.17) is 5.73 Å². The van der Waals surface area contributed by atoms with Gasteiger partial charge in [-0.1, -0.05) is 0 Å². The van der Waals surface area contributed by atoms with E-state index in [2.05, 4.69) is 36.7 Å². The van der Waals surface area contributed by atoms with Gasteiger partial charge in [-0.25, -0.2) is 15.0 Å². The minimum absolute atomic E-state index is 0.569. The molecule has 7 heteroatoms. The van der Waals surface area contributed by atoms with Crippen LogP contribution in [0.5, 0.6) is 0 Å². The Bertz CT molecular complexity index is 981. The van der Waals surface area contributed by atoms with Gasteiger partial charge in [0.1, 0.15) is 5.82 Å². The molecule has 1 aromatic carbocycles. The third kappa shape index (κ3) is 4.60. The maximum absolute atomic E-state index is 9.33. The molecule has 2 aromatic heterocycles. The molecule has 0 bridgehead atoms. The Morgan fingerprint density at radius 2 is 1.96 bits per heavy atom. The van der Waals surface area contributed by atoms with Gasteiger partial charge in [0.15, 0.2) is 5.82 Å². The third-order valence-electron chi connectivity index (χ3n) is 4.46. The number of nitrogens with two attached hydrogens (primary N) is 1. The second-order valence-electron chi connectivity index (χ2n) is 7.08. The van der Waals surface area contributed by atoms with Gasteiger partial charge < -0.3 is 15.2 Å². The van der Waals surface area contributed by atoms with Gasteiger partial charge in [0, 0.05) is 37.2 Å². The quantitative estimate of drug-likeness (QED) is 0.679. The highest BCUT2D eigenvalue weighted by Gasteiger charge is 2.12. The van der Waals surface area contributed by atoms with E-state index in [-0.39, 0.29) is 0 Å². The standard InChI is InChI=1S/C21H25N7/c1-15-26-19(13-27(2)3)14-28(15)12-18-8-16(9-23)4-5-20(18)21-24-10-17(6-7-22)11-25-21/h4-5,8,10-11,14H,6-7,12-13,22H2,1-3H3. The van der Waals surface area contributed by atoms with Crippen molar-refractivity contribution in [2.24, 2.45) is 5.73 Å². The average molecular weight is 375 g/mol. The first-order valence-electron chi connectivity index (χ1n) is 9.22. The van der Waals surface area contributed by atoms with Crippen LogP contribution in [0.1, 0.15) is 28.2 Å². The van der Waals surface area contributed by atoms with E-state index >= 15 is 0 Å². The van der Waals surface area contributed by atoms with Crippen molar-refractivity contribution >= 4 is 0 Å². The van der Waals surface area contributed by atoms with Crippen molar-refractivity contribution < 1.29 is 0 Å². The van der Waals surface area contributed by atoms with Crippen LogP contribution >= 0.6 is 0 Å². The molecule has 3 aromatic rings. The summed E-state index contributed by atoms with van der Waals surface area (Å²) >= 11 is 0. The fraction of sp³-hybridized carbons (Fsp3) is 0.333. The zero-order chi connectivity index (χ0) is 20.1. The Labute approximate surface area is 165 Å². The van der Waals surface area contributed by atoms with Gasteiger partial charge in [-0.2, -0.15) is 5.26 Å². The maximum Gasteiger partial charge on any atom is 0.159 e. The van der Waals surface area contributed by atoms with Gasteiger partial charge in [-0.15, -0.1) is 0 Å². The van der Waals surface area contributed by atoms with Crippen molar-refractivity contribution in [3.05, 3.63) is 65.0 Å². The second kappa shape index (κ2) is 8.74. The van der Waals surface area contributed by atoms with E-state index < -0.39 is 0 Å². The Kier molecular flexibility index (Phi) is 6.14. The Hall–Kier alpha value is -3.08. The van der Waals surface area contributed by atoms with E-state index in [1.54, 1.807) is 6.07 Å². The third-order valence-corrected chi connectivity index (χ3v) is 4.46. The largest absolute Gasteiger partial charge is 0.330 e. The molecule has 0 fully saturated rings. The van der Waals surface area contributed by atoms with E-state index in [0.717, 1.165) is 41.2 Å². The molecule has 28 heavy (non-hydrogen) atoms. The first-order chi connectivity index (χ1) is 13.5. The zero-order valence-electron chi connectivity index (χ0n) is 16.6. The molecule has 0 atom stereocenters. The summed E-state index contributed by atoms with van der Waals surface area (Å²) in [6, 6.07) is 7.83. The molecule has 0 aliphatic rings. The van der Waals surface area contributed by atoms with Gasteiger partial charge in [-0.3, -0.25) is 0 Å². The number of hydrogen-bond acceptors (Lipinski definition) is 6. The van der Waals surface area contributed by atoms with Gasteiger partial charge in [-0.05, 0) is 63.3 Å². The predicted octanol–water partition coefficient (Wildman–Crippen LogP) is 2.13. The monoisotopic (exact) mass is 375 g/mol. The molecule has 2 heterocycles. The highest BCUT2D eigenvalue weighted by Crippen LogP contribution is 2.23. The zero-order valence-corrected chi connectivity index (χ0v) is 16.6. The normalized spacial score (nSPS) is 11.0. The number of rotatable bonds is 7. The number of imidazole rings is 1. The smallest absolute Gasteiger partial charge is 0.159 e. The first kappa shape index (κ1) is 19.7. The van der Waals surface area contributed by atoms with Crippen LogP contribution in [0.2, 0.25) is 0 Å². The van der Waals surface area contributed by atoms with Crippen LogP contribution in [0.3, 0.4) is 0 Å². The molecule has 0 aliphatic heterocycles. The summed E-state index contributed by atoms with van der Waals surface area (Å²) in [6.07, 6.45) is 6.44. The number of nitriles is 1. The summed E-state index contributed by atoms with van der Waals surface area (Å²) in [4.78, 5) is 15.7. The van der Waals surface area contributed by atoms with E-state index in [1.807, 2.05) is 45.5 Å². The average Bonchev–Trinajstić information content (AvgIpc) is 3.01. The van der Waals surface area contributed by atoms with Gasteiger partial charge in [0.25, 0.3) is 0 Å². The molecular weight excluding hydrogens is 350 g/mol. The van der Waals surface area contributed by atoms with Crippen LogP contribution < -0.4 is 5.73 Å². The van der Waals surface area contributed by atoms with Crippen molar-refractivity contribution in [1.82, 2.24) is 24.4 Å². The lowest BCUT2D eigenvalue weighted by Crippen LogP contribution is -2.10. The Morgan fingerprint density at radius 3 is 2.61 bits per heavy atom. The second-order valence-corrected chi connectivity index (χ2v) is 7.08. The molecule has 0 spiro atoms. The fourth-order valence-corrected chi connectivity index (χ4v) is 3.12. The fourth-order valence-electron chi connectivity index (χ4n) is 3.12. The van der Waals surface area contributed by atoms with Crippen LogP contribution in [-0.4, -0.2) is 45.1 Å². The van der Waals surface area contributed by atoms with Crippen molar-refractivity contribution in [2.75, 3.05) is 20.6 Å². The summed E-state index contributed by atoms with van der Waals surface area (Å²) in [5.41, 5.74) is 10.2. The molecule has 144 valence electrons. The number of nitrogens with zero attached hydrogens (tertiary/aromatic N) is 6. The van der Waals surface area contributed by atoms with E-state index in [9.17, 15) is 5.26 Å². The lowest BCUT2D eigenvalue weighted by Gasteiger charge is -2.11. The van der Waals surface area contributed by atoms with Crippen LogP contribution in [0, 0.1) is 18.3 Å². The number of hydrogen-bond donors (Lipinski definition) is 1. The van der Waals surface area contributed by atoms with Crippen molar-refractivity contribution in [3.63, 3.8) is 0 Å². The molecule has 7 nitrogen and oxygen atoms in total. The SMILES string of the molecule is Cc1nc(CN(C)C)cn1Cc1cc(C#N)ccc1-c1ncc(CCN)cn1. The van der Waals surface area contributed by atoms with Gasteiger partial charge in [0.05, 0.1) is 17.3 Å². The summed E-state index contributed by atoms with van der Waals surface area (Å²) < 4.78 is 2.10. The summed E-state index contributed by atoms with van der Waals surface area (Å²) in [5.74, 6) is 1.58. The highest BCUT2D eigenvalue weighted by atomic mass is 15.1. The van der Waals surface area contributed by atoms with E-state index in [0.29, 0.717) is 24.5 Å². The lowest BCUT2D eigenvalue weighted by atomic mass is 10.0. The molecule has 0 amide bonds. The summed E-state index contributed by atoms with van der Waals surface area (Å²) in [5, 5.41) is 9.33. The summed E-state index contributed by atoms with van der Waals surface area (Å²) in [6.45, 7) is 3.95. The molecule has 0 unspecified atom stereocenters. The Balaban J connectivity index is 1.96. The molecule has 0 saturated carbocycles. The van der Waals surface area contributed by atoms with Crippen LogP contribution in [-0.2, 0) is 19.5 Å². The minimum atomic E-state index is 0.569. The van der Waals surface area contributed by atoms with Crippen LogP contribution in [0.15, 0.2) is 36.8 Å². The Morgan fingerprint density at radius 1 is 1.21 bits per heavy atom. The predicted molar refractivity (Wildman–Crippen MR) is 108 cm³/mol. The molecule has 2 N–H and O–H groups in total. The van der Waals surface area contributed by atoms with Crippen molar-refractivity contribution in [2.45, 2.75) is 26.4 Å². The topological polar surface area (TPSA) is 96.7 Å². The highest BCUT2D eigenvalue weighted by molar-refractivity contribution is 5.62. The van der Waals surface area contributed by atoms with Crippen molar-refractivity contribution in [1.29, 1.82) is 5.26 Å². The molecule has 0 aliphatic carbocycles. The minimum Gasteiger partial charge on any atom is -0.330 e. The number of benzene rings is 1. The van der Waals surface area contributed by atoms with Crippen molar-refractivity contribution in [3.8, 4) is 17.5 Å². The summed E-state index contributed by atoms with van der Waals surface area (Å²) in [7, 11) is 4.04. The maximum atomic E-state index is 9.33. The first-order valence-corrected chi connectivity index (χ1v) is 9.22.